The van der Waals surface area contributed by atoms with Gasteiger partial charge in [-0.25, -0.2) is 0 Å². The molecule has 0 aliphatic carbocycles. The summed E-state index contributed by atoms with van der Waals surface area (Å²) in [4.78, 5) is 0. The van der Waals surface area contributed by atoms with Crippen LogP contribution < -0.4 is 20.1 Å². The molecule has 1 N–H and O–H groups in total. The van der Waals surface area contributed by atoms with Crippen molar-refractivity contribution in [2.75, 3.05) is 21.0 Å². The zero-order valence-corrected chi connectivity index (χ0v) is 19.9. The molecule has 2 aromatic rings. The van der Waals surface area contributed by atoms with Crippen LogP contribution >= 0.6 is 8.58 Å². The first-order valence-electron chi connectivity index (χ1n) is 10.1. The van der Waals surface area contributed by atoms with E-state index in [1.165, 1.54) is 10.9 Å². The van der Waals surface area contributed by atoms with E-state index in [0.717, 1.165) is 30.0 Å². The maximum absolute atomic E-state index is 5.91. The number of benzene rings is 2. The highest BCUT2D eigenvalue weighted by atomic mass is 31.1. The van der Waals surface area contributed by atoms with Crippen molar-refractivity contribution < 1.29 is 14.2 Å². The van der Waals surface area contributed by atoms with Gasteiger partial charge in [0.15, 0.2) is 6.79 Å². The quantitative estimate of drug-likeness (QED) is 0.426. The molecular weight excluding hydrogens is 381 g/mol. The molecule has 2 atom stereocenters. The number of hydrogen-bond acceptors (Lipinski definition) is 4. The molecule has 2 unspecified atom stereocenters. The zero-order valence-electron chi connectivity index (χ0n) is 18.9. The van der Waals surface area contributed by atoms with Crippen LogP contribution in [-0.2, 0) is 16.4 Å². The van der Waals surface area contributed by atoms with E-state index in [0.29, 0.717) is 8.58 Å². The number of methoxy groups -OCH3 is 2. The minimum absolute atomic E-state index is 0.0740. The maximum Gasteiger partial charge on any atom is 0.188 e. The lowest BCUT2D eigenvalue weighted by molar-refractivity contribution is 0.0500. The average Bonchev–Trinajstić information content (AvgIpc) is 2.70. The van der Waals surface area contributed by atoms with E-state index in [2.05, 4.69) is 70.3 Å². The summed E-state index contributed by atoms with van der Waals surface area (Å²) in [6.45, 7) is 12.2. The Hall–Kier alpha value is -1.61. The lowest BCUT2D eigenvalue weighted by Crippen LogP contribution is -2.36. The highest BCUT2D eigenvalue weighted by molar-refractivity contribution is 7.48. The normalized spacial score (nSPS) is 14.2. The molecule has 0 saturated carbocycles. The fourth-order valence-electron chi connectivity index (χ4n) is 3.12. The number of nitrogens with one attached hydrogen (secondary N) is 1. The van der Waals surface area contributed by atoms with Gasteiger partial charge in [-0.3, -0.25) is 0 Å². The van der Waals surface area contributed by atoms with Crippen molar-refractivity contribution in [2.45, 2.75) is 58.3 Å². The lowest BCUT2D eigenvalue weighted by Gasteiger charge is -2.32. The van der Waals surface area contributed by atoms with Crippen molar-refractivity contribution >= 4 is 13.9 Å². The molecule has 0 aromatic heterocycles. The lowest BCUT2D eigenvalue weighted by atomic mass is 9.96. The van der Waals surface area contributed by atoms with Crippen LogP contribution in [-0.4, -0.2) is 26.6 Å². The second-order valence-electron chi connectivity index (χ2n) is 8.48. The summed E-state index contributed by atoms with van der Waals surface area (Å²) in [6, 6.07) is 14.8. The topological polar surface area (TPSA) is 39.7 Å². The largest absolute Gasteiger partial charge is 0.497 e. The summed E-state index contributed by atoms with van der Waals surface area (Å²) < 4.78 is 16.6. The molecule has 29 heavy (non-hydrogen) atoms. The summed E-state index contributed by atoms with van der Waals surface area (Å²) in [5, 5.41) is 4.93. The van der Waals surface area contributed by atoms with E-state index in [-0.39, 0.29) is 17.5 Å². The molecule has 160 valence electrons. The van der Waals surface area contributed by atoms with E-state index in [1.54, 1.807) is 14.2 Å². The molecule has 5 heteroatoms. The van der Waals surface area contributed by atoms with Gasteiger partial charge >= 0.3 is 0 Å². The van der Waals surface area contributed by atoms with Crippen LogP contribution in [0.3, 0.4) is 0 Å². The molecule has 0 bridgehead atoms. The standard InChI is InChI=1S/C24H36NO3P/c1-8-24(5,20-15-19(27-7)13-14-21(20)28-17-26-6)29-22-12-10-9-11-18(22)16-25-23(2,3)4/h9-15,25,29H,8,16-17H2,1-7H3. The predicted molar refractivity (Wildman–Crippen MR) is 124 cm³/mol. The molecule has 0 spiro atoms. The van der Waals surface area contributed by atoms with Gasteiger partial charge in [-0.2, -0.15) is 0 Å². The Balaban J connectivity index is 2.40. The van der Waals surface area contributed by atoms with Gasteiger partial charge in [0.05, 0.1) is 7.11 Å². The van der Waals surface area contributed by atoms with Crippen LogP contribution in [0.5, 0.6) is 11.5 Å². The third-order valence-corrected chi connectivity index (χ3v) is 6.99. The highest BCUT2D eigenvalue weighted by Gasteiger charge is 2.30. The predicted octanol–water partition coefficient (Wildman–Crippen LogP) is 5.20. The van der Waals surface area contributed by atoms with Gasteiger partial charge in [-0.05, 0) is 56.3 Å². The van der Waals surface area contributed by atoms with Gasteiger partial charge < -0.3 is 19.5 Å². The Morgan fingerprint density at radius 3 is 2.34 bits per heavy atom. The third-order valence-electron chi connectivity index (χ3n) is 5.06. The average molecular weight is 418 g/mol. The molecular formula is C24H36NO3P. The third kappa shape index (κ3) is 6.70. The SMILES string of the molecule is CCC(C)(Pc1ccccc1CNC(C)(C)C)c1cc(OC)ccc1OCOC. The molecule has 0 aliphatic heterocycles. The molecule has 0 aliphatic rings. The first-order chi connectivity index (χ1) is 13.7. The Kier molecular flexibility index (Phi) is 8.51. The van der Waals surface area contributed by atoms with E-state index in [4.69, 9.17) is 14.2 Å². The Labute approximate surface area is 178 Å². The molecule has 0 saturated heterocycles. The minimum atomic E-state index is -0.0740. The fraction of sp³-hybridized carbons (Fsp3) is 0.500. The second kappa shape index (κ2) is 10.4. The summed E-state index contributed by atoms with van der Waals surface area (Å²) in [5.41, 5.74) is 2.59. The Morgan fingerprint density at radius 2 is 1.72 bits per heavy atom. The zero-order chi connectivity index (χ0) is 21.5. The van der Waals surface area contributed by atoms with Crippen molar-refractivity contribution in [1.29, 1.82) is 0 Å². The van der Waals surface area contributed by atoms with Crippen LogP contribution in [0, 0.1) is 0 Å². The van der Waals surface area contributed by atoms with Crippen molar-refractivity contribution in [3.8, 4) is 11.5 Å². The minimum Gasteiger partial charge on any atom is -0.497 e. The first kappa shape index (κ1) is 23.7. The molecule has 0 heterocycles. The smallest absolute Gasteiger partial charge is 0.188 e. The summed E-state index contributed by atoms with van der Waals surface area (Å²) >= 11 is 0. The van der Waals surface area contributed by atoms with E-state index >= 15 is 0 Å². The number of ether oxygens (including phenoxy) is 3. The molecule has 2 rings (SSSR count). The van der Waals surface area contributed by atoms with E-state index in [9.17, 15) is 0 Å². The molecule has 0 radical (unpaired) electrons. The monoisotopic (exact) mass is 417 g/mol. The highest BCUT2D eigenvalue weighted by Crippen LogP contribution is 2.48. The summed E-state index contributed by atoms with van der Waals surface area (Å²) in [6.07, 6.45) is 0.989. The van der Waals surface area contributed by atoms with Crippen LogP contribution in [0.1, 0.15) is 52.2 Å². The Bertz CT molecular complexity index is 788. The van der Waals surface area contributed by atoms with E-state index in [1.807, 2.05) is 12.1 Å². The number of rotatable bonds is 10. The molecule has 0 fully saturated rings. The Morgan fingerprint density at radius 1 is 1.00 bits per heavy atom. The first-order valence-corrected chi connectivity index (χ1v) is 11.1. The van der Waals surface area contributed by atoms with Crippen molar-refractivity contribution in [3.05, 3.63) is 53.6 Å². The maximum atomic E-state index is 5.91. The van der Waals surface area contributed by atoms with Crippen molar-refractivity contribution in [2.24, 2.45) is 0 Å². The van der Waals surface area contributed by atoms with Gasteiger partial charge in [0.2, 0.25) is 0 Å². The van der Waals surface area contributed by atoms with E-state index < -0.39 is 0 Å². The van der Waals surface area contributed by atoms with Gasteiger partial charge in [-0.1, -0.05) is 46.7 Å². The molecule has 4 nitrogen and oxygen atoms in total. The van der Waals surface area contributed by atoms with Gasteiger partial charge in [0, 0.05) is 29.9 Å². The van der Waals surface area contributed by atoms with Crippen LogP contribution in [0.4, 0.5) is 0 Å². The van der Waals surface area contributed by atoms with Crippen molar-refractivity contribution in [1.82, 2.24) is 5.32 Å². The van der Waals surface area contributed by atoms with Crippen LogP contribution in [0.15, 0.2) is 42.5 Å². The van der Waals surface area contributed by atoms with Crippen LogP contribution in [0.25, 0.3) is 0 Å². The second-order valence-corrected chi connectivity index (χ2v) is 10.4. The summed E-state index contributed by atoms with van der Waals surface area (Å²) in [7, 11) is 3.94. The number of hydrogen-bond donors (Lipinski definition) is 1. The molecule has 2 aromatic carbocycles. The summed E-state index contributed by atoms with van der Waals surface area (Å²) in [5.74, 6) is 1.70. The van der Waals surface area contributed by atoms with Crippen molar-refractivity contribution in [3.63, 3.8) is 0 Å². The fourth-order valence-corrected chi connectivity index (χ4v) is 4.73. The van der Waals surface area contributed by atoms with Gasteiger partial charge in [0.25, 0.3) is 0 Å². The van der Waals surface area contributed by atoms with Crippen LogP contribution in [0.2, 0.25) is 0 Å². The van der Waals surface area contributed by atoms with Gasteiger partial charge in [0.1, 0.15) is 11.5 Å². The molecule has 0 amide bonds. The van der Waals surface area contributed by atoms with Gasteiger partial charge in [-0.15, -0.1) is 0 Å².